The van der Waals surface area contributed by atoms with Crippen LogP contribution in [0.25, 0.3) is 0 Å². The number of likely N-dealkylation sites (tertiary alicyclic amines) is 1. The predicted molar refractivity (Wildman–Crippen MR) is 263 cm³/mol. The minimum Gasteiger partial charge on any atom is -0.477 e. The summed E-state index contributed by atoms with van der Waals surface area (Å²) < 4.78 is 41.9. The number of carboxylic acids is 1. The van der Waals surface area contributed by atoms with E-state index >= 15 is 0 Å². The number of aliphatic hydroxyl groups is 1. The van der Waals surface area contributed by atoms with Crippen LogP contribution < -0.4 is 83.1 Å². The van der Waals surface area contributed by atoms with E-state index in [1.54, 1.807) is 0 Å². The lowest BCUT2D eigenvalue weighted by molar-refractivity contribution is -0.153. The van der Waals surface area contributed by atoms with Crippen molar-refractivity contribution in [3.63, 3.8) is 0 Å². The molecule has 1 saturated heterocycles. The third-order valence-corrected chi connectivity index (χ3v) is 11.3. The second kappa shape index (κ2) is 35.0. The number of hydrogen-bond acceptors (Lipinski definition) is 17. The van der Waals surface area contributed by atoms with E-state index in [-0.39, 0.29) is 103 Å². The molecular weight excluding hydrogens is 988 g/mol. The number of aliphatic imine (C=N–C) groups is 1. The first kappa shape index (κ1) is 65.8. The van der Waals surface area contributed by atoms with E-state index in [0.717, 1.165) is 11.0 Å². The number of hydrogen-bond donors (Lipinski definition) is 17. The number of carboxylic acid groups (broad SMARTS) is 1. The Morgan fingerprint density at radius 2 is 1.26 bits per heavy atom. The van der Waals surface area contributed by atoms with Gasteiger partial charge in [-0.3, -0.25) is 43.3 Å². The number of carbonyl (C=O) groups is 9. The highest BCUT2D eigenvalue weighted by Crippen LogP contribution is 2.24. The molecule has 0 aromatic rings. The summed E-state index contributed by atoms with van der Waals surface area (Å²) in [5.41, 5.74) is 43.8. The Morgan fingerprint density at radius 1 is 0.689 bits per heavy atom. The maximum atomic E-state index is 14.1. The third-order valence-electron chi connectivity index (χ3n) is 11.3. The molecular formula is C43H78F3N17O11. The molecule has 0 aromatic carbocycles. The molecule has 0 bridgehead atoms. The van der Waals surface area contributed by atoms with Gasteiger partial charge in [-0.1, -0.05) is 12.5 Å². The molecule has 1 aliphatic rings. The van der Waals surface area contributed by atoms with Crippen LogP contribution in [0.3, 0.4) is 0 Å². The molecule has 31 heteroatoms. The average Bonchev–Trinajstić information content (AvgIpc) is 3.84. The zero-order valence-corrected chi connectivity index (χ0v) is 41.5. The summed E-state index contributed by atoms with van der Waals surface area (Å²) in [5.74, 6) is -10.0. The van der Waals surface area contributed by atoms with Gasteiger partial charge in [0.1, 0.15) is 41.9 Å². The van der Waals surface area contributed by atoms with Gasteiger partial charge in [0.15, 0.2) is 5.96 Å². The van der Waals surface area contributed by atoms with Crippen molar-refractivity contribution in [2.75, 3.05) is 52.4 Å². The first-order valence-corrected chi connectivity index (χ1v) is 24.3. The Balaban J connectivity index is 3.26. The van der Waals surface area contributed by atoms with Gasteiger partial charge >= 0.3 is 12.1 Å². The molecule has 1 rings (SSSR count). The van der Waals surface area contributed by atoms with Crippen molar-refractivity contribution in [1.29, 1.82) is 0 Å². The van der Waals surface area contributed by atoms with Gasteiger partial charge in [0, 0.05) is 19.6 Å². The van der Waals surface area contributed by atoms with Crippen molar-refractivity contribution in [3.8, 4) is 0 Å². The van der Waals surface area contributed by atoms with E-state index < -0.39 is 133 Å². The van der Waals surface area contributed by atoms with Crippen molar-refractivity contribution < 1.29 is 66.5 Å². The number of halogens is 3. The van der Waals surface area contributed by atoms with Crippen molar-refractivity contribution in [2.24, 2.45) is 50.9 Å². The predicted octanol–water partition coefficient (Wildman–Crippen LogP) is -6.40. The summed E-state index contributed by atoms with van der Waals surface area (Å²) in [6.45, 7) is -0.759. The molecule has 1 aliphatic heterocycles. The molecule has 74 heavy (non-hydrogen) atoms. The number of guanidine groups is 1. The lowest BCUT2D eigenvalue weighted by Crippen LogP contribution is -2.61. The molecule has 1 fully saturated rings. The maximum absolute atomic E-state index is 14.1. The summed E-state index contributed by atoms with van der Waals surface area (Å²) >= 11 is 0. The summed E-state index contributed by atoms with van der Waals surface area (Å²) in [7, 11) is 0. The van der Waals surface area contributed by atoms with Gasteiger partial charge in [0.2, 0.25) is 47.3 Å². The molecule has 0 saturated carbocycles. The van der Waals surface area contributed by atoms with E-state index in [9.17, 15) is 66.5 Å². The Hall–Kier alpha value is -6.25. The number of nitrogens with one attached hydrogen (secondary N) is 7. The van der Waals surface area contributed by atoms with Crippen LogP contribution in [-0.4, -0.2) is 181 Å². The lowest BCUT2D eigenvalue weighted by atomic mass is 10.1. The number of unbranched alkanes of at least 4 members (excludes halogenated alkanes) is 2. The van der Waals surface area contributed by atoms with Crippen LogP contribution in [0.5, 0.6) is 0 Å². The fraction of sp³-hybridized carbons (Fsp3) is 0.721. The van der Waals surface area contributed by atoms with Gasteiger partial charge in [0.25, 0.3) is 0 Å². The number of rotatable bonds is 36. The topological polar surface area (TPSA) is 502 Å². The Labute approximate surface area is 426 Å². The number of aliphatic hydroxyl groups excluding tert-OH is 1. The normalized spacial score (nSPS) is 16.5. The van der Waals surface area contributed by atoms with Gasteiger partial charge in [-0.25, -0.2) is 4.79 Å². The smallest absolute Gasteiger partial charge is 0.391 e. The van der Waals surface area contributed by atoms with Crippen molar-refractivity contribution in [2.45, 2.75) is 144 Å². The van der Waals surface area contributed by atoms with E-state index in [1.165, 1.54) is 0 Å². The van der Waals surface area contributed by atoms with Crippen molar-refractivity contribution in [1.82, 2.24) is 42.1 Å². The molecule has 25 N–H and O–H groups in total. The Morgan fingerprint density at radius 3 is 1.82 bits per heavy atom. The SMILES string of the molecule is NCCCC[C@H](NC(=O)[C@H](CC(F)(F)F)NC(=O)[C@@H]1CCCN1C(=O)[C@@H](CCCN)NC(=O)CNC(=O)[C@H](CCCN)NC(=O)[C@@H](NC(=O)[C@@H](N)CCCCN)[C@@H](O)CN)C(=O)N/C(=C\CCN=C(N)N)C(=O)O. The highest BCUT2D eigenvalue weighted by Gasteiger charge is 2.42. The Bertz CT molecular complexity index is 1910. The summed E-state index contributed by atoms with van der Waals surface area (Å²) in [4.78, 5) is 124. The highest BCUT2D eigenvalue weighted by molar-refractivity contribution is 5.99. The van der Waals surface area contributed by atoms with E-state index in [4.69, 9.17) is 45.9 Å². The number of alkyl halides is 3. The summed E-state index contributed by atoms with van der Waals surface area (Å²) in [5, 5.41) is 36.1. The van der Waals surface area contributed by atoms with Crippen molar-refractivity contribution in [3.05, 3.63) is 11.8 Å². The zero-order valence-electron chi connectivity index (χ0n) is 41.5. The van der Waals surface area contributed by atoms with Crippen LogP contribution in [0.4, 0.5) is 13.2 Å². The van der Waals surface area contributed by atoms with E-state index in [2.05, 4.69) is 42.2 Å². The lowest BCUT2D eigenvalue weighted by Gasteiger charge is -2.30. The van der Waals surface area contributed by atoms with Crippen LogP contribution in [0.1, 0.15) is 89.9 Å². The van der Waals surface area contributed by atoms with Crippen LogP contribution >= 0.6 is 0 Å². The molecule has 0 aliphatic carbocycles. The van der Waals surface area contributed by atoms with Gasteiger partial charge in [-0.15, -0.1) is 0 Å². The fourth-order valence-corrected chi connectivity index (χ4v) is 7.40. The Kier molecular flexibility index (Phi) is 31.1. The highest BCUT2D eigenvalue weighted by atomic mass is 19.4. The second-order valence-electron chi connectivity index (χ2n) is 17.4. The van der Waals surface area contributed by atoms with Gasteiger partial charge in [-0.2, -0.15) is 13.2 Å². The zero-order chi connectivity index (χ0) is 56.0. The minimum absolute atomic E-state index is 0.0378. The van der Waals surface area contributed by atoms with Crippen molar-refractivity contribution >= 4 is 59.2 Å². The van der Waals surface area contributed by atoms with Gasteiger partial charge < -0.3 is 98.2 Å². The van der Waals surface area contributed by atoms with Crippen LogP contribution in [0, 0.1) is 0 Å². The standard InChI is InChI=1S/C43H78F3N17O11/c44-43(45,46)21-29(37(69)58-26(10-2-4-16-48)36(68)60-28(41(73)74)13-7-19-55-42(53)54)61-38(70)30-14-8-20-63(30)40(72)27(12-6-18-50)57-32(65)23-56-35(67)25(11-5-17-49)59-39(71)33(31(64)22-51)62-34(66)24(52)9-1-3-15-47/h13,24-27,29-31,33,64H,1-12,14-23,47-52H2,(H,56,67)(H,57,65)(H,58,69)(H,59,71)(H,60,68)(H,61,70)(H,62,66)(H,73,74)(H4,53,54,55)/b28-13-/t24-,25-,26-,27+,29-,30-,31-,33-/m0/s1. The summed E-state index contributed by atoms with van der Waals surface area (Å²) in [6, 6.07) is -10.8. The average molecular weight is 1070 g/mol. The van der Waals surface area contributed by atoms with Crippen LogP contribution in [-0.2, 0) is 43.2 Å². The fourth-order valence-electron chi connectivity index (χ4n) is 7.40. The number of amides is 8. The number of carbonyl (C=O) groups excluding carboxylic acids is 8. The van der Waals surface area contributed by atoms with Crippen LogP contribution in [0.15, 0.2) is 16.8 Å². The minimum atomic E-state index is -5.05. The molecule has 0 aromatic heterocycles. The number of nitrogens with zero attached hydrogens (tertiary/aromatic N) is 2. The first-order valence-electron chi connectivity index (χ1n) is 24.3. The molecule has 422 valence electrons. The molecule has 8 atom stereocenters. The van der Waals surface area contributed by atoms with E-state index in [1.807, 2.05) is 0 Å². The second-order valence-corrected chi connectivity index (χ2v) is 17.4. The van der Waals surface area contributed by atoms with E-state index in [0.29, 0.717) is 25.8 Å². The molecule has 1 heterocycles. The number of aliphatic carboxylic acids is 1. The third kappa shape index (κ3) is 25.1. The molecule has 0 unspecified atom stereocenters. The quantitative estimate of drug-likeness (QED) is 0.0120. The molecule has 28 nitrogen and oxygen atoms in total. The van der Waals surface area contributed by atoms with Crippen LogP contribution in [0.2, 0.25) is 0 Å². The number of nitrogens with two attached hydrogens (primary N) is 8. The molecule has 8 amide bonds. The molecule has 0 spiro atoms. The first-order chi connectivity index (χ1) is 34.9. The molecule has 0 radical (unpaired) electrons. The maximum Gasteiger partial charge on any atom is 0.391 e. The van der Waals surface area contributed by atoms with Gasteiger partial charge in [-0.05, 0) is 103 Å². The largest absolute Gasteiger partial charge is 0.477 e. The summed E-state index contributed by atoms with van der Waals surface area (Å²) in [6.07, 6.45) is -5.64. The van der Waals surface area contributed by atoms with Gasteiger partial charge in [0.05, 0.1) is 25.1 Å². The monoisotopic (exact) mass is 1070 g/mol.